The van der Waals surface area contributed by atoms with Gasteiger partial charge >= 0.3 is 0 Å². The van der Waals surface area contributed by atoms with Crippen LogP contribution in [0.1, 0.15) is 4.88 Å². The number of amides is 1. The molecule has 1 fully saturated rings. The van der Waals surface area contributed by atoms with E-state index in [1.54, 1.807) is 23.5 Å². The lowest BCUT2D eigenvalue weighted by Crippen LogP contribution is -2.40. The third kappa shape index (κ3) is 5.52. The minimum Gasteiger partial charge on any atom is -0.484 e. The number of carbonyl (C=O) groups excluding carboxylic acids is 1. The molecule has 2 aromatic rings. The van der Waals surface area contributed by atoms with Crippen LogP contribution in [0.5, 0.6) is 5.75 Å². The number of carbonyl (C=O) groups is 1. The van der Waals surface area contributed by atoms with Gasteiger partial charge in [-0.05, 0) is 42.1 Å². The molecule has 0 bridgehead atoms. The van der Waals surface area contributed by atoms with Gasteiger partial charge in [-0.15, -0.1) is 11.3 Å². The Balaban J connectivity index is 1.46. The summed E-state index contributed by atoms with van der Waals surface area (Å²) in [4.78, 5) is 13.3. The molecule has 1 N–H and O–H groups in total. The molecule has 0 aliphatic carbocycles. The molecule has 0 spiro atoms. The Bertz CT molecular complexity index is 829. The fraction of sp³-hybridized carbons (Fsp3) is 0.389. The van der Waals surface area contributed by atoms with Crippen LogP contribution < -0.4 is 10.1 Å². The number of morpholine rings is 1. The number of nitrogens with one attached hydrogen (secondary N) is 1. The van der Waals surface area contributed by atoms with E-state index in [9.17, 15) is 13.2 Å². The zero-order valence-electron chi connectivity index (χ0n) is 14.8. The van der Waals surface area contributed by atoms with E-state index in [4.69, 9.17) is 9.47 Å². The lowest BCUT2D eigenvalue weighted by atomic mass is 10.3. The van der Waals surface area contributed by atoms with Crippen LogP contribution in [0, 0.1) is 0 Å². The highest BCUT2D eigenvalue weighted by Gasteiger charge is 2.26. The van der Waals surface area contributed by atoms with Crippen LogP contribution in [0.15, 0.2) is 46.7 Å². The van der Waals surface area contributed by atoms with Crippen molar-refractivity contribution in [2.24, 2.45) is 0 Å². The second kappa shape index (κ2) is 9.32. The Morgan fingerprint density at radius 2 is 1.93 bits per heavy atom. The van der Waals surface area contributed by atoms with Gasteiger partial charge in [0.1, 0.15) is 5.75 Å². The van der Waals surface area contributed by atoms with Gasteiger partial charge in [-0.3, -0.25) is 4.79 Å². The van der Waals surface area contributed by atoms with E-state index >= 15 is 0 Å². The maximum atomic E-state index is 12.5. The molecule has 1 aliphatic heterocycles. The monoisotopic (exact) mass is 410 g/mol. The first-order chi connectivity index (χ1) is 13.1. The first-order valence-corrected chi connectivity index (χ1v) is 11.0. The molecule has 1 saturated heterocycles. The molecule has 27 heavy (non-hydrogen) atoms. The van der Waals surface area contributed by atoms with Crippen molar-refractivity contribution in [3.05, 3.63) is 46.7 Å². The molecule has 0 unspecified atom stereocenters. The fourth-order valence-corrected chi connectivity index (χ4v) is 4.74. The van der Waals surface area contributed by atoms with Crippen molar-refractivity contribution in [1.82, 2.24) is 9.62 Å². The molecule has 1 aromatic carbocycles. The first-order valence-electron chi connectivity index (χ1n) is 8.65. The average Bonchev–Trinajstić information content (AvgIpc) is 3.21. The van der Waals surface area contributed by atoms with Gasteiger partial charge < -0.3 is 14.8 Å². The minimum atomic E-state index is -3.52. The summed E-state index contributed by atoms with van der Waals surface area (Å²) in [7, 11) is -3.52. The Morgan fingerprint density at radius 1 is 1.19 bits per heavy atom. The predicted molar refractivity (Wildman–Crippen MR) is 103 cm³/mol. The number of nitrogens with zero attached hydrogens (tertiary/aromatic N) is 1. The van der Waals surface area contributed by atoms with Crippen molar-refractivity contribution in [2.75, 3.05) is 39.5 Å². The second-order valence-electron chi connectivity index (χ2n) is 5.96. The quantitative estimate of drug-likeness (QED) is 0.713. The smallest absolute Gasteiger partial charge is 0.257 e. The maximum Gasteiger partial charge on any atom is 0.257 e. The standard InChI is InChI=1S/C18H22N2O5S2/c21-18(19-8-7-16-2-1-13-26-16)14-25-15-3-5-17(6-4-15)27(22,23)20-9-11-24-12-10-20/h1-6,13H,7-12,14H2,(H,19,21). The molecule has 0 radical (unpaired) electrons. The number of ether oxygens (including phenoxy) is 2. The van der Waals surface area contributed by atoms with Crippen molar-refractivity contribution in [1.29, 1.82) is 0 Å². The van der Waals surface area contributed by atoms with Gasteiger partial charge in [-0.25, -0.2) is 8.42 Å². The molecular formula is C18H22N2O5S2. The van der Waals surface area contributed by atoms with Gasteiger partial charge in [0.05, 0.1) is 18.1 Å². The molecule has 1 aromatic heterocycles. The van der Waals surface area contributed by atoms with E-state index < -0.39 is 10.0 Å². The lowest BCUT2D eigenvalue weighted by molar-refractivity contribution is -0.123. The summed E-state index contributed by atoms with van der Waals surface area (Å²) in [5.41, 5.74) is 0. The van der Waals surface area contributed by atoms with E-state index in [2.05, 4.69) is 5.32 Å². The maximum absolute atomic E-state index is 12.5. The normalized spacial score (nSPS) is 15.4. The number of hydrogen-bond acceptors (Lipinski definition) is 6. The molecule has 3 rings (SSSR count). The summed E-state index contributed by atoms with van der Waals surface area (Å²) in [5, 5.41) is 4.80. The van der Waals surface area contributed by atoms with Crippen LogP contribution in [-0.4, -0.2) is 58.1 Å². The summed E-state index contributed by atoms with van der Waals surface area (Å²) < 4.78 is 37.1. The van der Waals surface area contributed by atoms with Crippen LogP contribution in [0.25, 0.3) is 0 Å². The minimum absolute atomic E-state index is 0.111. The van der Waals surface area contributed by atoms with Crippen molar-refractivity contribution in [3.63, 3.8) is 0 Å². The van der Waals surface area contributed by atoms with Crippen LogP contribution in [0.3, 0.4) is 0 Å². The Kier molecular flexibility index (Phi) is 6.84. The van der Waals surface area contributed by atoms with Crippen molar-refractivity contribution >= 4 is 27.3 Å². The highest BCUT2D eigenvalue weighted by atomic mass is 32.2. The van der Waals surface area contributed by atoms with E-state index in [0.717, 1.165) is 6.42 Å². The Morgan fingerprint density at radius 3 is 2.59 bits per heavy atom. The van der Waals surface area contributed by atoms with Gasteiger partial charge in [0.15, 0.2) is 6.61 Å². The fourth-order valence-electron chi connectivity index (χ4n) is 2.62. The van der Waals surface area contributed by atoms with E-state index in [0.29, 0.717) is 38.6 Å². The summed E-state index contributed by atoms with van der Waals surface area (Å²) >= 11 is 1.66. The van der Waals surface area contributed by atoms with Crippen molar-refractivity contribution in [2.45, 2.75) is 11.3 Å². The number of sulfonamides is 1. The molecule has 1 aliphatic rings. The van der Waals surface area contributed by atoms with Gasteiger partial charge in [0.2, 0.25) is 10.0 Å². The summed E-state index contributed by atoms with van der Waals surface area (Å²) in [5.74, 6) is 0.237. The van der Waals surface area contributed by atoms with E-state index in [1.807, 2.05) is 17.5 Å². The summed E-state index contributed by atoms with van der Waals surface area (Å²) in [6.07, 6.45) is 0.789. The van der Waals surface area contributed by atoms with Crippen LogP contribution in [-0.2, 0) is 26.0 Å². The Labute approximate surface area is 163 Å². The van der Waals surface area contributed by atoms with Crippen LogP contribution in [0.4, 0.5) is 0 Å². The molecule has 7 nitrogen and oxygen atoms in total. The molecule has 0 saturated carbocycles. The number of thiophene rings is 1. The van der Waals surface area contributed by atoms with Gasteiger partial charge in [0.25, 0.3) is 5.91 Å². The highest BCUT2D eigenvalue weighted by molar-refractivity contribution is 7.89. The van der Waals surface area contributed by atoms with Gasteiger partial charge in [-0.1, -0.05) is 6.07 Å². The van der Waals surface area contributed by atoms with Crippen molar-refractivity contribution < 1.29 is 22.7 Å². The number of rotatable bonds is 8. The zero-order valence-corrected chi connectivity index (χ0v) is 16.4. The van der Waals surface area contributed by atoms with Crippen molar-refractivity contribution in [3.8, 4) is 5.75 Å². The second-order valence-corrected chi connectivity index (χ2v) is 8.93. The lowest BCUT2D eigenvalue weighted by Gasteiger charge is -2.26. The third-order valence-electron chi connectivity index (χ3n) is 4.08. The largest absolute Gasteiger partial charge is 0.484 e. The zero-order chi connectivity index (χ0) is 19.1. The number of benzene rings is 1. The molecule has 9 heteroatoms. The Hall–Kier alpha value is -1.94. The summed E-state index contributed by atoms with van der Waals surface area (Å²) in [6.45, 7) is 1.96. The molecule has 0 atom stereocenters. The van der Waals surface area contributed by atoms with Crippen LogP contribution >= 0.6 is 11.3 Å². The highest BCUT2D eigenvalue weighted by Crippen LogP contribution is 2.20. The SMILES string of the molecule is O=C(COc1ccc(S(=O)(=O)N2CCOCC2)cc1)NCCc1cccs1. The van der Waals surface area contributed by atoms with Gasteiger partial charge in [0, 0.05) is 24.5 Å². The van der Waals surface area contributed by atoms with E-state index in [1.165, 1.54) is 21.3 Å². The summed E-state index contributed by atoms with van der Waals surface area (Å²) in [6, 6.07) is 10.1. The average molecular weight is 411 g/mol. The molecular weight excluding hydrogens is 388 g/mol. The number of hydrogen-bond donors (Lipinski definition) is 1. The molecule has 1 amide bonds. The van der Waals surface area contributed by atoms with Crippen LogP contribution in [0.2, 0.25) is 0 Å². The van der Waals surface area contributed by atoms with E-state index in [-0.39, 0.29) is 17.4 Å². The topological polar surface area (TPSA) is 84.9 Å². The first kappa shape index (κ1) is 19.8. The third-order valence-corrected chi connectivity index (χ3v) is 6.92. The van der Waals surface area contributed by atoms with Gasteiger partial charge in [-0.2, -0.15) is 4.31 Å². The molecule has 146 valence electrons. The predicted octanol–water partition coefficient (Wildman–Crippen LogP) is 1.51. The molecule has 2 heterocycles.